The van der Waals surface area contributed by atoms with E-state index in [0.717, 1.165) is 25.2 Å². The Kier molecular flexibility index (Phi) is 4.36. The van der Waals surface area contributed by atoms with Gasteiger partial charge in [0, 0.05) is 30.9 Å². The molecule has 0 amide bonds. The maximum absolute atomic E-state index is 13.4. The van der Waals surface area contributed by atoms with Gasteiger partial charge in [-0.15, -0.1) is 0 Å². The first-order valence-electron chi connectivity index (χ1n) is 6.17. The maximum Gasteiger partial charge on any atom is 0.160 e. The molecule has 1 aromatic carbocycles. The van der Waals surface area contributed by atoms with Gasteiger partial charge in [0.2, 0.25) is 0 Å². The highest BCUT2D eigenvalue weighted by atomic mass is 35.5. The van der Waals surface area contributed by atoms with Crippen LogP contribution < -0.4 is 10.2 Å². The van der Waals surface area contributed by atoms with Crippen molar-refractivity contribution in [2.24, 2.45) is 0 Å². The summed E-state index contributed by atoms with van der Waals surface area (Å²) in [7, 11) is 0. The first-order chi connectivity index (χ1) is 8.52. The van der Waals surface area contributed by atoms with Crippen molar-refractivity contribution in [3.8, 4) is 0 Å². The van der Waals surface area contributed by atoms with Crippen LogP contribution in [0.4, 0.5) is 10.1 Å². The van der Waals surface area contributed by atoms with Gasteiger partial charge in [0.05, 0.1) is 10.0 Å². The summed E-state index contributed by atoms with van der Waals surface area (Å²) in [5.41, 5.74) is 0.895. The zero-order valence-corrected chi connectivity index (χ0v) is 12.0. The van der Waals surface area contributed by atoms with Gasteiger partial charge in [-0.1, -0.05) is 30.1 Å². The summed E-state index contributed by atoms with van der Waals surface area (Å²) in [6, 6.07) is 4.10. The molecule has 100 valence electrons. The molecule has 2 nitrogen and oxygen atoms in total. The number of hydrogen-bond acceptors (Lipinski definition) is 2. The zero-order chi connectivity index (χ0) is 13.3. The fraction of sp³-hybridized carbons (Fsp3) is 0.538. The number of rotatable bonds is 2. The van der Waals surface area contributed by atoms with Gasteiger partial charge in [0.1, 0.15) is 0 Å². The van der Waals surface area contributed by atoms with Crippen molar-refractivity contribution in [3.63, 3.8) is 0 Å². The molecule has 5 heteroatoms. The average Bonchev–Trinajstić information content (AvgIpc) is 2.35. The van der Waals surface area contributed by atoms with Crippen LogP contribution in [0.1, 0.15) is 20.3 Å². The number of halogens is 3. The quantitative estimate of drug-likeness (QED) is 0.836. The number of anilines is 1. The Morgan fingerprint density at radius 1 is 1.39 bits per heavy atom. The lowest BCUT2D eigenvalue weighted by atomic mass is 10.1. The number of hydrogen-bond donors (Lipinski definition) is 1. The minimum absolute atomic E-state index is 0.0820. The predicted molar refractivity (Wildman–Crippen MR) is 75.3 cm³/mol. The summed E-state index contributed by atoms with van der Waals surface area (Å²) < 4.78 is 13.4. The molecule has 0 spiro atoms. The van der Waals surface area contributed by atoms with Crippen molar-refractivity contribution >= 4 is 28.9 Å². The second-order valence-electron chi connectivity index (χ2n) is 4.75. The topological polar surface area (TPSA) is 15.3 Å². The third-order valence-corrected chi connectivity index (χ3v) is 3.93. The lowest BCUT2D eigenvalue weighted by Gasteiger charge is -2.40. The van der Waals surface area contributed by atoms with Crippen molar-refractivity contribution in [3.05, 3.63) is 28.0 Å². The summed E-state index contributed by atoms with van der Waals surface area (Å²) >= 11 is 11.7. The summed E-state index contributed by atoms with van der Waals surface area (Å²) in [6.45, 7) is 6.06. The van der Waals surface area contributed by atoms with E-state index in [9.17, 15) is 4.39 Å². The van der Waals surface area contributed by atoms with Gasteiger partial charge < -0.3 is 10.2 Å². The van der Waals surface area contributed by atoms with E-state index in [2.05, 4.69) is 24.1 Å². The Labute approximate surface area is 117 Å². The second-order valence-corrected chi connectivity index (χ2v) is 5.56. The van der Waals surface area contributed by atoms with Crippen LogP contribution in [-0.2, 0) is 0 Å². The predicted octanol–water partition coefficient (Wildman–Crippen LogP) is 3.71. The third kappa shape index (κ3) is 2.73. The Hall–Kier alpha value is -0.510. The molecule has 0 aromatic heterocycles. The summed E-state index contributed by atoms with van der Waals surface area (Å²) in [6.07, 6.45) is 1.02. The smallest absolute Gasteiger partial charge is 0.160 e. The molecule has 2 unspecified atom stereocenters. The van der Waals surface area contributed by atoms with Gasteiger partial charge in [0.25, 0.3) is 0 Å². The van der Waals surface area contributed by atoms with Crippen molar-refractivity contribution in [1.82, 2.24) is 5.32 Å². The number of piperazine rings is 1. The highest BCUT2D eigenvalue weighted by Crippen LogP contribution is 2.31. The molecule has 0 bridgehead atoms. The monoisotopic (exact) mass is 290 g/mol. The second kappa shape index (κ2) is 5.64. The van der Waals surface area contributed by atoms with E-state index in [1.54, 1.807) is 12.1 Å². The van der Waals surface area contributed by atoms with E-state index in [1.807, 2.05) is 0 Å². The van der Waals surface area contributed by atoms with Gasteiger partial charge in [-0.25, -0.2) is 4.39 Å². The lowest BCUT2D eigenvalue weighted by Crippen LogP contribution is -2.55. The van der Waals surface area contributed by atoms with Crippen LogP contribution >= 0.6 is 23.2 Å². The van der Waals surface area contributed by atoms with Crippen molar-refractivity contribution < 1.29 is 4.39 Å². The standard InChI is InChI=1S/C13H17Cl2FN2/c1-3-9-6-17-8(2)7-18(9)10-4-11(14)13(16)12(15)5-10/h4-5,8-9,17H,3,6-7H2,1-2H3. The maximum atomic E-state index is 13.4. The Morgan fingerprint density at radius 2 is 2.00 bits per heavy atom. The molecule has 1 aromatic rings. The Bertz CT molecular complexity index is 416. The fourth-order valence-electron chi connectivity index (χ4n) is 2.34. The highest BCUT2D eigenvalue weighted by molar-refractivity contribution is 6.35. The van der Waals surface area contributed by atoms with E-state index >= 15 is 0 Å². The highest BCUT2D eigenvalue weighted by Gasteiger charge is 2.25. The lowest BCUT2D eigenvalue weighted by molar-refractivity contribution is 0.402. The number of nitrogens with one attached hydrogen (secondary N) is 1. The van der Waals surface area contributed by atoms with Crippen LogP contribution in [-0.4, -0.2) is 25.2 Å². The van der Waals surface area contributed by atoms with Crippen molar-refractivity contribution in [2.75, 3.05) is 18.0 Å². The SMILES string of the molecule is CCC1CNC(C)CN1c1cc(Cl)c(F)c(Cl)c1. The van der Waals surface area contributed by atoms with Crippen LogP contribution in [0.15, 0.2) is 12.1 Å². The Morgan fingerprint density at radius 3 is 2.56 bits per heavy atom. The van der Waals surface area contributed by atoms with E-state index in [-0.39, 0.29) is 10.0 Å². The van der Waals surface area contributed by atoms with Gasteiger partial charge in [-0.2, -0.15) is 0 Å². The molecule has 1 saturated heterocycles. The molecule has 18 heavy (non-hydrogen) atoms. The van der Waals surface area contributed by atoms with Crippen LogP contribution in [0.3, 0.4) is 0 Å². The van der Waals surface area contributed by atoms with Crippen molar-refractivity contribution in [1.29, 1.82) is 0 Å². The summed E-state index contributed by atoms with van der Waals surface area (Å²) in [5, 5.41) is 3.61. The van der Waals surface area contributed by atoms with Gasteiger partial charge in [-0.05, 0) is 25.5 Å². The summed E-state index contributed by atoms with van der Waals surface area (Å²) in [5.74, 6) is -0.543. The first-order valence-corrected chi connectivity index (χ1v) is 6.93. The van der Waals surface area contributed by atoms with E-state index in [0.29, 0.717) is 12.1 Å². The molecule has 0 saturated carbocycles. The van der Waals surface area contributed by atoms with Gasteiger partial charge in [-0.3, -0.25) is 0 Å². The van der Waals surface area contributed by atoms with E-state index in [1.165, 1.54) is 0 Å². The minimum atomic E-state index is -0.543. The van der Waals surface area contributed by atoms with E-state index < -0.39 is 5.82 Å². The molecule has 1 heterocycles. The molecular weight excluding hydrogens is 274 g/mol. The Balaban J connectivity index is 2.33. The molecule has 0 radical (unpaired) electrons. The van der Waals surface area contributed by atoms with Gasteiger partial charge in [0.15, 0.2) is 5.82 Å². The number of benzene rings is 1. The zero-order valence-electron chi connectivity index (χ0n) is 10.5. The third-order valence-electron chi connectivity index (χ3n) is 3.38. The molecular formula is C13H17Cl2FN2. The normalized spacial score (nSPS) is 24.4. The molecule has 1 aliphatic rings. The van der Waals surface area contributed by atoms with Gasteiger partial charge >= 0.3 is 0 Å². The fourth-order valence-corrected chi connectivity index (χ4v) is 2.82. The minimum Gasteiger partial charge on any atom is -0.366 e. The number of nitrogens with zero attached hydrogens (tertiary/aromatic N) is 1. The van der Waals surface area contributed by atoms with E-state index in [4.69, 9.17) is 23.2 Å². The van der Waals surface area contributed by atoms with Crippen LogP contribution in [0.25, 0.3) is 0 Å². The van der Waals surface area contributed by atoms with Crippen LogP contribution in [0.2, 0.25) is 10.0 Å². The molecule has 2 rings (SSSR count). The largest absolute Gasteiger partial charge is 0.366 e. The van der Waals surface area contributed by atoms with Crippen LogP contribution in [0, 0.1) is 5.82 Å². The first kappa shape index (κ1) is 13.9. The van der Waals surface area contributed by atoms with Crippen LogP contribution in [0.5, 0.6) is 0 Å². The molecule has 2 atom stereocenters. The molecule has 0 aliphatic carbocycles. The molecule has 1 aliphatic heterocycles. The van der Waals surface area contributed by atoms with Crippen molar-refractivity contribution in [2.45, 2.75) is 32.4 Å². The molecule has 1 fully saturated rings. The summed E-state index contributed by atoms with van der Waals surface area (Å²) in [4.78, 5) is 2.25. The molecule has 1 N–H and O–H groups in total. The average molecular weight is 291 g/mol.